The number of hydrogen-bond acceptors (Lipinski definition) is 3. The first-order valence-corrected chi connectivity index (χ1v) is 8.27. The Hall–Kier alpha value is -1.59. The van der Waals surface area contributed by atoms with Crippen molar-refractivity contribution in [3.63, 3.8) is 0 Å². The molecule has 1 aromatic carbocycles. The number of ether oxygens (including phenoxy) is 1. The van der Waals surface area contributed by atoms with E-state index in [2.05, 4.69) is 5.32 Å². The predicted molar refractivity (Wildman–Crippen MR) is 87.1 cm³/mol. The van der Waals surface area contributed by atoms with E-state index >= 15 is 0 Å². The molecule has 1 N–H and O–H groups in total. The van der Waals surface area contributed by atoms with Crippen LogP contribution in [-0.2, 0) is 19.9 Å². The molecule has 2 aliphatic rings. The summed E-state index contributed by atoms with van der Waals surface area (Å²) in [5.41, 5.74) is 0.740. The van der Waals surface area contributed by atoms with Gasteiger partial charge in [-0.1, -0.05) is 23.7 Å². The van der Waals surface area contributed by atoms with Gasteiger partial charge in [0.25, 0.3) is 0 Å². The van der Waals surface area contributed by atoms with Crippen LogP contribution in [0.25, 0.3) is 0 Å². The van der Waals surface area contributed by atoms with Crippen LogP contribution in [0.15, 0.2) is 24.3 Å². The molecule has 2 amide bonds. The Morgan fingerprint density at radius 3 is 2.91 bits per heavy atom. The molecule has 2 fully saturated rings. The molecule has 0 unspecified atom stereocenters. The first-order valence-electron chi connectivity index (χ1n) is 7.89. The maximum Gasteiger partial charge on any atom is 0.226 e. The van der Waals surface area contributed by atoms with Crippen LogP contribution >= 0.6 is 11.6 Å². The third kappa shape index (κ3) is 3.51. The maximum absolute atomic E-state index is 12.6. The number of nitrogens with zero attached hydrogens (tertiary/aromatic N) is 1. The second kappa shape index (κ2) is 6.49. The zero-order chi connectivity index (χ0) is 16.4. The molecule has 23 heavy (non-hydrogen) atoms. The smallest absolute Gasteiger partial charge is 0.226 e. The standard InChI is InChI=1S/C17H21ClN2O3/c1-23-8-7-20-11-12(9-15(20)21)16(22)19-17(5-6-17)13-3-2-4-14(18)10-13/h2-4,10,12H,5-9,11H2,1H3,(H,19,22)/t12-/m1/s1. The van der Waals surface area contributed by atoms with Crippen molar-refractivity contribution in [2.75, 3.05) is 26.8 Å². The highest BCUT2D eigenvalue weighted by Crippen LogP contribution is 2.46. The first kappa shape index (κ1) is 16.3. The van der Waals surface area contributed by atoms with Gasteiger partial charge >= 0.3 is 0 Å². The lowest BCUT2D eigenvalue weighted by molar-refractivity contribution is -0.129. The van der Waals surface area contributed by atoms with Crippen LogP contribution in [0.3, 0.4) is 0 Å². The van der Waals surface area contributed by atoms with E-state index in [4.69, 9.17) is 16.3 Å². The summed E-state index contributed by atoms with van der Waals surface area (Å²) >= 11 is 6.05. The number of halogens is 1. The lowest BCUT2D eigenvalue weighted by atomic mass is 10.0. The Morgan fingerprint density at radius 2 is 2.26 bits per heavy atom. The number of likely N-dealkylation sites (tertiary alicyclic amines) is 1. The van der Waals surface area contributed by atoms with Crippen LogP contribution < -0.4 is 5.32 Å². The number of amides is 2. The van der Waals surface area contributed by atoms with Gasteiger partial charge in [-0.15, -0.1) is 0 Å². The van der Waals surface area contributed by atoms with Gasteiger partial charge < -0.3 is 15.0 Å². The fourth-order valence-corrected chi connectivity index (χ4v) is 3.29. The normalized spacial score (nSPS) is 22.3. The van der Waals surface area contributed by atoms with Gasteiger partial charge in [0, 0.05) is 31.6 Å². The van der Waals surface area contributed by atoms with E-state index in [1.54, 1.807) is 12.0 Å². The number of benzene rings is 1. The van der Waals surface area contributed by atoms with Crippen molar-refractivity contribution in [2.24, 2.45) is 5.92 Å². The summed E-state index contributed by atoms with van der Waals surface area (Å²) < 4.78 is 5.00. The summed E-state index contributed by atoms with van der Waals surface area (Å²) in [7, 11) is 1.60. The van der Waals surface area contributed by atoms with Crippen molar-refractivity contribution in [1.29, 1.82) is 0 Å². The highest BCUT2D eigenvalue weighted by Gasteiger charge is 2.47. The van der Waals surface area contributed by atoms with Crippen molar-refractivity contribution in [1.82, 2.24) is 10.2 Å². The molecule has 0 bridgehead atoms. The van der Waals surface area contributed by atoms with Crippen LogP contribution in [-0.4, -0.2) is 43.5 Å². The largest absolute Gasteiger partial charge is 0.383 e. The van der Waals surface area contributed by atoms with E-state index in [1.165, 1.54) is 0 Å². The Balaban J connectivity index is 1.63. The predicted octanol–water partition coefficient (Wildman–Crippen LogP) is 1.94. The SMILES string of the molecule is COCCN1C[C@H](C(=O)NC2(c3cccc(Cl)c3)CC2)CC1=O. The Kier molecular flexibility index (Phi) is 4.60. The van der Waals surface area contributed by atoms with Crippen LogP contribution in [0.2, 0.25) is 5.02 Å². The van der Waals surface area contributed by atoms with Crippen LogP contribution in [0.5, 0.6) is 0 Å². The van der Waals surface area contributed by atoms with Crippen molar-refractivity contribution in [2.45, 2.75) is 24.8 Å². The van der Waals surface area contributed by atoms with Gasteiger partial charge in [0.15, 0.2) is 0 Å². The van der Waals surface area contributed by atoms with Gasteiger partial charge in [-0.3, -0.25) is 9.59 Å². The molecule has 1 aliphatic heterocycles. The van der Waals surface area contributed by atoms with Gasteiger partial charge in [-0.05, 0) is 30.5 Å². The molecular formula is C17H21ClN2O3. The topological polar surface area (TPSA) is 58.6 Å². The maximum atomic E-state index is 12.6. The molecule has 124 valence electrons. The second-order valence-corrected chi connectivity index (χ2v) is 6.75. The summed E-state index contributed by atoms with van der Waals surface area (Å²) in [6, 6.07) is 7.62. The third-order valence-corrected chi connectivity index (χ3v) is 4.88. The number of nitrogens with one attached hydrogen (secondary N) is 1. The highest BCUT2D eigenvalue weighted by atomic mass is 35.5. The number of carbonyl (C=O) groups excluding carboxylic acids is 2. The lowest BCUT2D eigenvalue weighted by Gasteiger charge is -2.21. The molecule has 0 spiro atoms. The van der Waals surface area contributed by atoms with Crippen LogP contribution in [0, 0.1) is 5.92 Å². The monoisotopic (exact) mass is 336 g/mol. The Morgan fingerprint density at radius 1 is 1.48 bits per heavy atom. The second-order valence-electron chi connectivity index (χ2n) is 6.32. The zero-order valence-electron chi connectivity index (χ0n) is 13.2. The van der Waals surface area contributed by atoms with Gasteiger partial charge in [-0.2, -0.15) is 0 Å². The van der Waals surface area contributed by atoms with E-state index in [1.807, 2.05) is 24.3 Å². The summed E-state index contributed by atoms with van der Waals surface area (Å²) in [5.74, 6) is -0.304. The van der Waals surface area contributed by atoms with Gasteiger partial charge in [0.2, 0.25) is 11.8 Å². The van der Waals surface area contributed by atoms with Gasteiger partial charge in [-0.25, -0.2) is 0 Å². The summed E-state index contributed by atoms with van der Waals surface area (Å²) in [6.45, 7) is 1.50. The Bertz CT molecular complexity index is 616. The van der Waals surface area contributed by atoms with Gasteiger partial charge in [0.05, 0.1) is 18.1 Å². The zero-order valence-corrected chi connectivity index (χ0v) is 13.9. The van der Waals surface area contributed by atoms with E-state index in [-0.39, 0.29) is 29.7 Å². The fourth-order valence-electron chi connectivity index (χ4n) is 3.10. The van der Waals surface area contributed by atoms with Crippen molar-refractivity contribution in [3.05, 3.63) is 34.9 Å². The van der Waals surface area contributed by atoms with Crippen molar-refractivity contribution < 1.29 is 14.3 Å². The molecular weight excluding hydrogens is 316 g/mol. The Labute approximate surface area is 140 Å². The van der Waals surface area contributed by atoms with Crippen molar-refractivity contribution in [3.8, 4) is 0 Å². The summed E-state index contributed by atoms with van der Waals surface area (Å²) in [6.07, 6.45) is 2.10. The molecule has 1 aliphatic carbocycles. The van der Waals surface area contributed by atoms with Crippen LogP contribution in [0.1, 0.15) is 24.8 Å². The summed E-state index contributed by atoms with van der Waals surface area (Å²) in [5, 5.41) is 3.81. The molecule has 1 saturated heterocycles. The van der Waals surface area contributed by atoms with Gasteiger partial charge in [0.1, 0.15) is 0 Å². The number of hydrogen-bond donors (Lipinski definition) is 1. The fraction of sp³-hybridized carbons (Fsp3) is 0.529. The molecule has 1 heterocycles. The quantitative estimate of drug-likeness (QED) is 0.863. The van der Waals surface area contributed by atoms with E-state index < -0.39 is 0 Å². The third-order valence-electron chi connectivity index (χ3n) is 4.64. The molecule has 3 rings (SSSR count). The highest BCUT2D eigenvalue weighted by molar-refractivity contribution is 6.30. The van der Waals surface area contributed by atoms with E-state index in [0.29, 0.717) is 24.7 Å². The molecule has 5 nitrogen and oxygen atoms in total. The molecule has 1 saturated carbocycles. The average Bonchev–Trinajstić information content (AvgIpc) is 3.21. The first-order chi connectivity index (χ1) is 11.0. The molecule has 0 radical (unpaired) electrons. The lowest BCUT2D eigenvalue weighted by Crippen LogP contribution is -2.40. The molecule has 6 heteroatoms. The van der Waals surface area contributed by atoms with E-state index in [0.717, 1.165) is 18.4 Å². The number of rotatable bonds is 6. The number of carbonyl (C=O) groups is 2. The minimum absolute atomic E-state index is 0.0230. The minimum Gasteiger partial charge on any atom is -0.383 e. The van der Waals surface area contributed by atoms with Crippen LogP contribution in [0.4, 0.5) is 0 Å². The summed E-state index contributed by atoms with van der Waals surface area (Å²) in [4.78, 5) is 26.2. The minimum atomic E-state index is -0.301. The molecule has 1 atom stereocenters. The van der Waals surface area contributed by atoms with E-state index in [9.17, 15) is 9.59 Å². The van der Waals surface area contributed by atoms with Crippen molar-refractivity contribution >= 4 is 23.4 Å². The molecule has 1 aromatic rings. The molecule has 0 aromatic heterocycles. The number of methoxy groups -OCH3 is 1. The average molecular weight is 337 g/mol.